The minimum absolute atomic E-state index is 0.331. The Kier molecular flexibility index (Phi) is 6.56. The molecule has 0 bridgehead atoms. The van der Waals surface area contributed by atoms with Crippen LogP contribution < -0.4 is 10.5 Å². The summed E-state index contributed by atoms with van der Waals surface area (Å²) in [6.45, 7) is 3.89. The van der Waals surface area contributed by atoms with Gasteiger partial charge >= 0.3 is 0 Å². The molecule has 2 rings (SSSR count). The Balaban J connectivity index is 1.75. The number of para-hydroxylation sites is 1. The van der Waals surface area contributed by atoms with Crippen LogP contribution in [0, 0.1) is 11.3 Å². The quantitative estimate of drug-likeness (QED) is 0.747. The summed E-state index contributed by atoms with van der Waals surface area (Å²) < 4.78 is 5.87. The first-order valence-electron chi connectivity index (χ1n) is 8.66. The van der Waals surface area contributed by atoms with E-state index in [9.17, 15) is 0 Å². The molecule has 0 unspecified atom stereocenters. The molecule has 0 amide bonds. The van der Waals surface area contributed by atoms with Crippen LogP contribution in [-0.4, -0.2) is 13.2 Å². The van der Waals surface area contributed by atoms with E-state index in [-0.39, 0.29) is 0 Å². The van der Waals surface area contributed by atoms with Gasteiger partial charge in [-0.3, -0.25) is 0 Å². The van der Waals surface area contributed by atoms with Gasteiger partial charge in [0.15, 0.2) is 0 Å². The first-order chi connectivity index (χ1) is 10.3. The second kappa shape index (κ2) is 8.43. The summed E-state index contributed by atoms with van der Waals surface area (Å²) in [5.41, 5.74) is 6.44. The van der Waals surface area contributed by atoms with E-state index in [1.54, 1.807) is 0 Å². The van der Waals surface area contributed by atoms with Gasteiger partial charge in [-0.2, -0.15) is 0 Å². The molecule has 1 aromatic carbocycles. The summed E-state index contributed by atoms with van der Waals surface area (Å²) in [6, 6.07) is 10.1. The number of ether oxygens (including phenoxy) is 1. The van der Waals surface area contributed by atoms with Gasteiger partial charge in [0, 0.05) is 0 Å². The molecule has 0 aromatic heterocycles. The molecule has 1 saturated carbocycles. The fraction of sp³-hybridized carbons (Fsp3) is 0.684. The zero-order chi connectivity index (χ0) is 15.0. The van der Waals surface area contributed by atoms with E-state index in [0.29, 0.717) is 5.41 Å². The predicted octanol–water partition coefficient (Wildman–Crippen LogP) is 4.78. The molecule has 1 aliphatic carbocycles. The Bertz CT molecular complexity index is 382. The van der Waals surface area contributed by atoms with Crippen molar-refractivity contribution in [3.8, 4) is 5.75 Å². The lowest BCUT2D eigenvalue weighted by Crippen LogP contribution is -2.36. The molecule has 0 spiro atoms. The SMILES string of the molecule is CCCCC1CCC(CN)(CCOc2ccccc2)CC1. The van der Waals surface area contributed by atoms with Crippen molar-refractivity contribution in [1.29, 1.82) is 0 Å². The normalized spacial score (nSPS) is 25.7. The van der Waals surface area contributed by atoms with Crippen LogP contribution >= 0.6 is 0 Å². The highest BCUT2D eigenvalue weighted by molar-refractivity contribution is 5.20. The zero-order valence-corrected chi connectivity index (χ0v) is 13.5. The maximum absolute atomic E-state index is 6.11. The van der Waals surface area contributed by atoms with Gasteiger partial charge in [-0.25, -0.2) is 0 Å². The Hall–Kier alpha value is -1.02. The smallest absolute Gasteiger partial charge is 0.119 e. The number of hydrogen-bond donors (Lipinski definition) is 1. The first-order valence-corrected chi connectivity index (χ1v) is 8.66. The van der Waals surface area contributed by atoms with Crippen molar-refractivity contribution in [2.24, 2.45) is 17.1 Å². The van der Waals surface area contributed by atoms with Crippen molar-refractivity contribution in [3.63, 3.8) is 0 Å². The highest BCUT2D eigenvalue weighted by atomic mass is 16.5. The fourth-order valence-electron chi connectivity index (χ4n) is 3.53. The van der Waals surface area contributed by atoms with Crippen molar-refractivity contribution in [2.45, 2.75) is 58.3 Å². The Morgan fingerprint density at radius 3 is 2.52 bits per heavy atom. The van der Waals surface area contributed by atoms with Gasteiger partial charge < -0.3 is 10.5 Å². The second-order valence-electron chi connectivity index (χ2n) is 6.70. The molecule has 2 heteroatoms. The van der Waals surface area contributed by atoms with Gasteiger partial charge in [-0.15, -0.1) is 0 Å². The summed E-state index contributed by atoms with van der Waals surface area (Å²) in [4.78, 5) is 0. The highest BCUT2D eigenvalue weighted by Crippen LogP contribution is 2.42. The van der Waals surface area contributed by atoms with Crippen molar-refractivity contribution in [3.05, 3.63) is 30.3 Å². The van der Waals surface area contributed by atoms with Gasteiger partial charge in [0.2, 0.25) is 0 Å². The van der Waals surface area contributed by atoms with E-state index in [1.807, 2.05) is 30.3 Å². The van der Waals surface area contributed by atoms with E-state index in [1.165, 1.54) is 44.9 Å². The largest absolute Gasteiger partial charge is 0.494 e. The molecule has 0 heterocycles. The van der Waals surface area contributed by atoms with Crippen molar-refractivity contribution >= 4 is 0 Å². The van der Waals surface area contributed by atoms with E-state index in [4.69, 9.17) is 10.5 Å². The van der Waals surface area contributed by atoms with E-state index in [2.05, 4.69) is 6.92 Å². The molecule has 2 N–H and O–H groups in total. The molecule has 2 nitrogen and oxygen atoms in total. The molecule has 0 atom stereocenters. The number of hydrogen-bond acceptors (Lipinski definition) is 2. The van der Waals surface area contributed by atoms with Gasteiger partial charge in [-0.1, -0.05) is 44.4 Å². The number of nitrogens with two attached hydrogens (primary N) is 1. The Morgan fingerprint density at radius 1 is 1.19 bits per heavy atom. The average Bonchev–Trinajstić information content (AvgIpc) is 2.55. The monoisotopic (exact) mass is 289 g/mol. The van der Waals surface area contributed by atoms with E-state index in [0.717, 1.165) is 31.2 Å². The van der Waals surface area contributed by atoms with Crippen LogP contribution in [0.15, 0.2) is 30.3 Å². The average molecular weight is 289 g/mol. The maximum atomic E-state index is 6.11. The zero-order valence-electron chi connectivity index (χ0n) is 13.5. The number of rotatable bonds is 8. The highest BCUT2D eigenvalue weighted by Gasteiger charge is 2.33. The summed E-state index contributed by atoms with van der Waals surface area (Å²) >= 11 is 0. The molecule has 1 fully saturated rings. The lowest BCUT2D eigenvalue weighted by Gasteiger charge is -2.39. The molecule has 0 aliphatic heterocycles. The molecule has 1 aromatic rings. The third-order valence-corrected chi connectivity index (χ3v) is 5.21. The lowest BCUT2D eigenvalue weighted by molar-refractivity contribution is 0.115. The standard InChI is InChI=1S/C19H31NO/c1-2-3-7-17-10-12-19(16-20,13-11-17)14-15-21-18-8-5-4-6-9-18/h4-6,8-9,17H,2-3,7,10-16,20H2,1H3. The molecule has 0 radical (unpaired) electrons. The molecule has 21 heavy (non-hydrogen) atoms. The van der Waals surface area contributed by atoms with Crippen LogP contribution in [0.1, 0.15) is 58.3 Å². The van der Waals surface area contributed by atoms with Crippen LogP contribution in [-0.2, 0) is 0 Å². The second-order valence-corrected chi connectivity index (χ2v) is 6.70. The van der Waals surface area contributed by atoms with Crippen LogP contribution in [0.2, 0.25) is 0 Å². The first kappa shape index (κ1) is 16.4. The third-order valence-electron chi connectivity index (χ3n) is 5.21. The minimum Gasteiger partial charge on any atom is -0.494 e. The molecular weight excluding hydrogens is 258 g/mol. The van der Waals surface area contributed by atoms with Crippen molar-refractivity contribution in [2.75, 3.05) is 13.2 Å². The van der Waals surface area contributed by atoms with Crippen molar-refractivity contribution in [1.82, 2.24) is 0 Å². The third kappa shape index (κ3) is 5.03. The topological polar surface area (TPSA) is 35.2 Å². The molecule has 118 valence electrons. The lowest BCUT2D eigenvalue weighted by atomic mass is 9.68. The molecule has 0 saturated heterocycles. The maximum Gasteiger partial charge on any atom is 0.119 e. The Morgan fingerprint density at radius 2 is 1.90 bits per heavy atom. The van der Waals surface area contributed by atoms with Gasteiger partial charge in [-0.05, 0) is 62.1 Å². The van der Waals surface area contributed by atoms with Crippen molar-refractivity contribution < 1.29 is 4.74 Å². The molecular formula is C19H31NO. The number of unbranched alkanes of at least 4 members (excludes halogenated alkanes) is 1. The Labute approximate surface area is 130 Å². The van der Waals surface area contributed by atoms with Gasteiger partial charge in [0.05, 0.1) is 6.61 Å². The summed E-state index contributed by atoms with van der Waals surface area (Å²) in [5.74, 6) is 1.92. The van der Waals surface area contributed by atoms with Crippen LogP contribution in [0.4, 0.5) is 0 Å². The minimum atomic E-state index is 0.331. The predicted molar refractivity (Wildman–Crippen MR) is 89.5 cm³/mol. The summed E-state index contributed by atoms with van der Waals surface area (Å²) in [7, 11) is 0. The van der Waals surface area contributed by atoms with Crippen LogP contribution in [0.25, 0.3) is 0 Å². The van der Waals surface area contributed by atoms with Crippen LogP contribution in [0.3, 0.4) is 0 Å². The number of benzene rings is 1. The van der Waals surface area contributed by atoms with Gasteiger partial charge in [0.25, 0.3) is 0 Å². The molecule has 1 aliphatic rings. The van der Waals surface area contributed by atoms with E-state index >= 15 is 0 Å². The van der Waals surface area contributed by atoms with Crippen LogP contribution in [0.5, 0.6) is 5.75 Å². The van der Waals surface area contributed by atoms with E-state index < -0.39 is 0 Å². The summed E-state index contributed by atoms with van der Waals surface area (Å²) in [6.07, 6.45) is 10.5. The summed E-state index contributed by atoms with van der Waals surface area (Å²) in [5, 5.41) is 0. The fourth-order valence-corrected chi connectivity index (χ4v) is 3.53. The van der Waals surface area contributed by atoms with Gasteiger partial charge in [0.1, 0.15) is 5.75 Å².